The molecular weight excluding hydrogens is 264 g/mol. The van der Waals surface area contributed by atoms with Gasteiger partial charge in [0.2, 0.25) is 0 Å². The molecule has 1 fully saturated rings. The van der Waals surface area contributed by atoms with Crippen LogP contribution in [0.3, 0.4) is 0 Å². The molecule has 1 heterocycles. The van der Waals surface area contributed by atoms with E-state index in [1.54, 1.807) is 0 Å². The Labute approximate surface area is 121 Å². The molecule has 0 saturated heterocycles. The summed E-state index contributed by atoms with van der Waals surface area (Å²) in [6.45, 7) is 0. The minimum atomic E-state index is -0.164. The Morgan fingerprint density at radius 2 is 1.71 bits per heavy atom. The van der Waals surface area contributed by atoms with Crippen LogP contribution in [0, 0.1) is 0 Å². The molecule has 1 aliphatic carbocycles. The van der Waals surface area contributed by atoms with Crippen LogP contribution in [-0.2, 0) is 0 Å². The maximum Gasteiger partial charge on any atom is 0.272 e. The van der Waals surface area contributed by atoms with E-state index >= 15 is 0 Å². The van der Waals surface area contributed by atoms with Crippen molar-refractivity contribution in [3.8, 4) is 17.0 Å². The zero-order valence-electron chi connectivity index (χ0n) is 11.4. The van der Waals surface area contributed by atoms with E-state index in [2.05, 4.69) is 10.2 Å². The SMILES string of the molecule is O=c1[nH]nc(-c2ccc(OC3CC3)cc2)c2ccccc12. The lowest BCUT2D eigenvalue weighted by Gasteiger charge is -2.07. The van der Waals surface area contributed by atoms with Crippen molar-refractivity contribution in [2.45, 2.75) is 18.9 Å². The van der Waals surface area contributed by atoms with Crippen molar-refractivity contribution in [3.05, 3.63) is 58.9 Å². The zero-order valence-corrected chi connectivity index (χ0v) is 11.4. The molecule has 1 N–H and O–H groups in total. The monoisotopic (exact) mass is 278 g/mol. The highest BCUT2D eigenvalue weighted by Gasteiger charge is 2.23. The van der Waals surface area contributed by atoms with Crippen molar-refractivity contribution in [2.24, 2.45) is 0 Å². The maximum atomic E-state index is 11.8. The average Bonchev–Trinajstić information content (AvgIpc) is 3.33. The van der Waals surface area contributed by atoms with Crippen LogP contribution in [0.15, 0.2) is 53.3 Å². The van der Waals surface area contributed by atoms with Gasteiger partial charge in [-0.25, -0.2) is 5.10 Å². The molecule has 21 heavy (non-hydrogen) atoms. The first-order valence-corrected chi connectivity index (χ1v) is 7.06. The number of nitrogens with zero attached hydrogens (tertiary/aromatic N) is 1. The Morgan fingerprint density at radius 3 is 2.43 bits per heavy atom. The summed E-state index contributed by atoms with van der Waals surface area (Å²) in [5, 5.41) is 8.27. The molecule has 104 valence electrons. The first kappa shape index (κ1) is 12.1. The topological polar surface area (TPSA) is 55.0 Å². The van der Waals surface area contributed by atoms with E-state index in [1.807, 2.05) is 48.5 Å². The van der Waals surface area contributed by atoms with E-state index in [0.717, 1.165) is 35.2 Å². The number of hydrogen-bond acceptors (Lipinski definition) is 3. The van der Waals surface area contributed by atoms with Gasteiger partial charge < -0.3 is 4.74 Å². The smallest absolute Gasteiger partial charge is 0.272 e. The fourth-order valence-corrected chi connectivity index (χ4v) is 2.40. The number of aromatic nitrogens is 2. The Bertz CT molecular complexity index is 849. The first-order valence-electron chi connectivity index (χ1n) is 7.06. The molecule has 0 bridgehead atoms. The van der Waals surface area contributed by atoms with Crippen molar-refractivity contribution in [1.29, 1.82) is 0 Å². The Balaban J connectivity index is 1.78. The molecule has 2 aromatic carbocycles. The fourth-order valence-electron chi connectivity index (χ4n) is 2.40. The predicted octanol–water partition coefficient (Wildman–Crippen LogP) is 3.13. The second kappa shape index (κ2) is 4.74. The van der Waals surface area contributed by atoms with Gasteiger partial charge in [-0.3, -0.25) is 4.79 Å². The number of aromatic amines is 1. The second-order valence-corrected chi connectivity index (χ2v) is 5.29. The standard InChI is InChI=1S/C17H14N2O2/c20-17-15-4-2-1-3-14(15)16(18-19-17)11-5-7-12(8-6-11)21-13-9-10-13/h1-8,13H,9-10H2,(H,19,20). The molecule has 4 nitrogen and oxygen atoms in total. The molecule has 4 rings (SSSR count). The lowest BCUT2D eigenvalue weighted by molar-refractivity contribution is 0.303. The number of nitrogens with one attached hydrogen (secondary N) is 1. The molecule has 0 unspecified atom stereocenters. The highest BCUT2D eigenvalue weighted by molar-refractivity contribution is 5.93. The summed E-state index contributed by atoms with van der Waals surface area (Å²) < 4.78 is 5.74. The van der Waals surface area contributed by atoms with Gasteiger partial charge in [0.15, 0.2) is 0 Å². The van der Waals surface area contributed by atoms with Crippen molar-refractivity contribution in [3.63, 3.8) is 0 Å². The van der Waals surface area contributed by atoms with Crippen LogP contribution >= 0.6 is 0 Å². The van der Waals surface area contributed by atoms with Crippen LogP contribution in [0.5, 0.6) is 5.75 Å². The molecule has 1 aromatic heterocycles. The van der Waals surface area contributed by atoms with Gasteiger partial charge in [-0.05, 0) is 43.2 Å². The summed E-state index contributed by atoms with van der Waals surface area (Å²) in [4.78, 5) is 11.8. The van der Waals surface area contributed by atoms with E-state index < -0.39 is 0 Å². The molecule has 1 saturated carbocycles. The van der Waals surface area contributed by atoms with Gasteiger partial charge in [0.25, 0.3) is 5.56 Å². The van der Waals surface area contributed by atoms with E-state index in [0.29, 0.717) is 11.5 Å². The lowest BCUT2D eigenvalue weighted by Crippen LogP contribution is -2.09. The average molecular weight is 278 g/mol. The van der Waals surface area contributed by atoms with Crippen molar-refractivity contribution >= 4 is 10.8 Å². The van der Waals surface area contributed by atoms with Crippen molar-refractivity contribution in [2.75, 3.05) is 0 Å². The van der Waals surface area contributed by atoms with Crippen molar-refractivity contribution in [1.82, 2.24) is 10.2 Å². The van der Waals surface area contributed by atoms with Crippen LogP contribution in [0.25, 0.3) is 22.0 Å². The van der Waals surface area contributed by atoms with Gasteiger partial charge in [0.1, 0.15) is 5.75 Å². The largest absolute Gasteiger partial charge is 0.490 e. The summed E-state index contributed by atoms with van der Waals surface area (Å²) in [5.74, 6) is 0.884. The first-order chi connectivity index (χ1) is 10.3. The third kappa shape index (κ3) is 2.29. The lowest BCUT2D eigenvalue weighted by atomic mass is 10.1. The van der Waals surface area contributed by atoms with Crippen LogP contribution in [0.1, 0.15) is 12.8 Å². The van der Waals surface area contributed by atoms with Crippen LogP contribution < -0.4 is 10.3 Å². The third-order valence-corrected chi connectivity index (χ3v) is 3.65. The molecule has 3 aromatic rings. The number of fused-ring (bicyclic) bond motifs is 1. The van der Waals surface area contributed by atoms with Gasteiger partial charge in [-0.1, -0.05) is 18.2 Å². The molecule has 0 amide bonds. The Morgan fingerprint density at radius 1 is 1.00 bits per heavy atom. The van der Waals surface area contributed by atoms with Gasteiger partial charge in [0, 0.05) is 10.9 Å². The predicted molar refractivity (Wildman–Crippen MR) is 81.4 cm³/mol. The van der Waals surface area contributed by atoms with Crippen molar-refractivity contribution < 1.29 is 4.74 Å². The third-order valence-electron chi connectivity index (χ3n) is 3.65. The van der Waals surface area contributed by atoms with Crippen LogP contribution in [0.2, 0.25) is 0 Å². The normalized spacial score (nSPS) is 14.3. The molecule has 0 aliphatic heterocycles. The molecular formula is C17H14N2O2. The minimum Gasteiger partial charge on any atom is -0.490 e. The summed E-state index contributed by atoms with van der Waals surface area (Å²) in [6.07, 6.45) is 2.68. The molecule has 0 atom stereocenters. The van der Waals surface area contributed by atoms with Gasteiger partial charge in [-0.15, -0.1) is 0 Å². The summed E-state index contributed by atoms with van der Waals surface area (Å²) >= 11 is 0. The van der Waals surface area contributed by atoms with Gasteiger partial charge >= 0.3 is 0 Å². The summed E-state index contributed by atoms with van der Waals surface area (Å²) in [5.41, 5.74) is 1.58. The van der Waals surface area contributed by atoms with E-state index in [1.165, 1.54) is 0 Å². The van der Waals surface area contributed by atoms with Crippen LogP contribution in [0.4, 0.5) is 0 Å². The zero-order chi connectivity index (χ0) is 14.2. The highest BCUT2D eigenvalue weighted by atomic mass is 16.5. The van der Waals surface area contributed by atoms with E-state index in [-0.39, 0.29) is 5.56 Å². The number of ether oxygens (including phenoxy) is 1. The number of rotatable bonds is 3. The summed E-state index contributed by atoms with van der Waals surface area (Å²) in [7, 11) is 0. The quantitative estimate of drug-likeness (QED) is 0.800. The number of hydrogen-bond donors (Lipinski definition) is 1. The van der Waals surface area contributed by atoms with Gasteiger partial charge in [0.05, 0.1) is 17.2 Å². The minimum absolute atomic E-state index is 0.164. The highest BCUT2D eigenvalue weighted by Crippen LogP contribution is 2.29. The molecule has 1 aliphatic rings. The maximum absolute atomic E-state index is 11.8. The van der Waals surface area contributed by atoms with E-state index in [4.69, 9.17) is 4.74 Å². The van der Waals surface area contributed by atoms with E-state index in [9.17, 15) is 4.79 Å². The number of H-pyrrole nitrogens is 1. The van der Waals surface area contributed by atoms with Gasteiger partial charge in [-0.2, -0.15) is 5.10 Å². The Kier molecular flexibility index (Phi) is 2.74. The molecule has 0 radical (unpaired) electrons. The summed E-state index contributed by atoms with van der Waals surface area (Å²) in [6, 6.07) is 15.4. The fraction of sp³-hybridized carbons (Fsp3) is 0.176. The second-order valence-electron chi connectivity index (χ2n) is 5.29. The van der Waals surface area contributed by atoms with Crippen LogP contribution in [-0.4, -0.2) is 16.3 Å². The number of benzene rings is 2. The molecule has 0 spiro atoms. The molecule has 4 heteroatoms. The Hall–Kier alpha value is -2.62.